The smallest absolute Gasteiger partial charge is 0.326 e. The summed E-state index contributed by atoms with van der Waals surface area (Å²) >= 11 is 0. The summed E-state index contributed by atoms with van der Waals surface area (Å²) in [4.78, 5) is 50.5. The van der Waals surface area contributed by atoms with Gasteiger partial charge in [0.15, 0.2) is 0 Å². The van der Waals surface area contributed by atoms with E-state index in [-0.39, 0.29) is 24.7 Å². The maximum atomic E-state index is 13.1. The molecule has 2 aromatic rings. The molecule has 0 aromatic heterocycles. The predicted octanol–water partition coefficient (Wildman–Crippen LogP) is 3.13. The Hall–Kier alpha value is -3.92. The number of carboxylic acid groups (broad SMARTS) is 2. The lowest BCUT2D eigenvalue weighted by molar-refractivity contribution is -0.143. The number of anilines is 1. The van der Waals surface area contributed by atoms with Crippen molar-refractivity contribution in [1.82, 2.24) is 10.6 Å². The van der Waals surface area contributed by atoms with Crippen LogP contribution >= 0.6 is 0 Å². The number of rotatable bonds is 13. The molecule has 10 nitrogen and oxygen atoms in total. The Labute approximate surface area is 234 Å². The molecule has 1 fully saturated rings. The van der Waals surface area contributed by atoms with Crippen molar-refractivity contribution >= 4 is 29.4 Å². The lowest BCUT2D eigenvalue weighted by Gasteiger charge is -2.43. The Bertz CT molecular complexity index is 1180. The summed E-state index contributed by atoms with van der Waals surface area (Å²) in [5.41, 5.74) is 2.11. The van der Waals surface area contributed by atoms with Crippen molar-refractivity contribution in [3.63, 3.8) is 0 Å². The Morgan fingerprint density at radius 1 is 0.925 bits per heavy atom. The van der Waals surface area contributed by atoms with E-state index < -0.39 is 35.3 Å². The summed E-state index contributed by atoms with van der Waals surface area (Å²) in [6.07, 6.45) is 0.809. The second-order valence-electron chi connectivity index (χ2n) is 10.5. The number of nitrogens with zero attached hydrogens (tertiary/aromatic N) is 1. The normalized spacial score (nSPS) is 16.8. The van der Waals surface area contributed by atoms with Gasteiger partial charge >= 0.3 is 11.9 Å². The molecule has 0 aliphatic carbocycles. The first-order valence-corrected chi connectivity index (χ1v) is 13.5. The Kier molecular flexibility index (Phi) is 10.7. The van der Waals surface area contributed by atoms with Crippen LogP contribution in [0.5, 0.6) is 0 Å². The highest BCUT2D eigenvalue weighted by Gasteiger charge is 2.37. The molecule has 3 rings (SSSR count). The molecule has 1 saturated heterocycles. The summed E-state index contributed by atoms with van der Waals surface area (Å²) in [5, 5.41) is 24.0. The molecule has 3 atom stereocenters. The van der Waals surface area contributed by atoms with Crippen molar-refractivity contribution in [2.75, 3.05) is 31.7 Å². The van der Waals surface area contributed by atoms with E-state index in [1.165, 1.54) is 0 Å². The quantitative estimate of drug-likeness (QED) is 0.296. The molecule has 0 saturated carbocycles. The summed E-state index contributed by atoms with van der Waals surface area (Å²) < 4.78 is 5.52. The predicted molar refractivity (Wildman–Crippen MR) is 150 cm³/mol. The number of amides is 2. The number of ether oxygens (including phenoxy) is 1. The number of benzene rings is 2. The average molecular weight is 554 g/mol. The molecule has 2 aromatic carbocycles. The van der Waals surface area contributed by atoms with Crippen LogP contribution in [-0.4, -0.2) is 72.4 Å². The van der Waals surface area contributed by atoms with Crippen molar-refractivity contribution < 1.29 is 34.1 Å². The number of aliphatic carboxylic acids is 2. The minimum absolute atomic E-state index is 0.0402. The standard InChI is InChI=1S/C30H39N3O7/c1-20(22-8-5-4-6-9-22)28(37)32-30(19-40-3)14-16-33(17-15-30)24-11-7-10-23(18-24)21(2)27(36)31-25(29(38)39)12-13-26(34)35/h4-11,18,20-21,25H,12-17,19H2,1-3H3,(H,31,36)(H,32,37)(H,34,35)(H,38,39)/t20?,21?,25-/m0/s1. The van der Waals surface area contributed by atoms with Crippen molar-refractivity contribution in [2.45, 2.75) is 62.9 Å². The van der Waals surface area contributed by atoms with Gasteiger partial charge in [-0.15, -0.1) is 0 Å². The first-order valence-electron chi connectivity index (χ1n) is 13.5. The van der Waals surface area contributed by atoms with Gasteiger partial charge in [0, 0.05) is 32.3 Å². The number of nitrogens with one attached hydrogen (secondary N) is 2. The molecule has 2 unspecified atom stereocenters. The zero-order valence-electron chi connectivity index (χ0n) is 23.3. The van der Waals surface area contributed by atoms with Crippen molar-refractivity contribution in [3.05, 3.63) is 65.7 Å². The lowest BCUT2D eigenvalue weighted by Crippen LogP contribution is -2.58. The molecule has 4 N–H and O–H groups in total. The first-order chi connectivity index (χ1) is 19.0. The van der Waals surface area contributed by atoms with Gasteiger partial charge in [0.05, 0.1) is 24.0 Å². The fourth-order valence-electron chi connectivity index (χ4n) is 5.00. The maximum Gasteiger partial charge on any atom is 0.326 e. The zero-order valence-corrected chi connectivity index (χ0v) is 23.3. The third-order valence-electron chi connectivity index (χ3n) is 7.61. The Balaban J connectivity index is 1.65. The molecule has 1 heterocycles. The number of methoxy groups -OCH3 is 1. The number of carbonyl (C=O) groups is 4. The topological polar surface area (TPSA) is 145 Å². The fraction of sp³-hybridized carbons (Fsp3) is 0.467. The van der Waals surface area contributed by atoms with E-state index in [2.05, 4.69) is 15.5 Å². The van der Waals surface area contributed by atoms with Gasteiger partial charge in [0.1, 0.15) is 6.04 Å². The van der Waals surface area contributed by atoms with Gasteiger partial charge in [-0.3, -0.25) is 14.4 Å². The van der Waals surface area contributed by atoms with Gasteiger partial charge in [0.2, 0.25) is 11.8 Å². The van der Waals surface area contributed by atoms with Crippen LogP contribution in [0.3, 0.4) is 0 Å². The molecule has 40 heavy (non-hydrogen) atoms. The van der Waals surface area contributed by atoms with E-state index in [1.54, 1.807) is 14.0 Å². The molecule has 0 radical (unpaired) electrons. The van der Waals surface area contributed by atoms with Gasteiger partial charge in [0.25, 0.3) is 0 Å². The summed E-state index contributed by atoms with van der Waals surface area (Å²) in [5.74, 6) is -3.84. The lowest BCUT2D eigenvalue weighted by atomic mass is 9.86. The number of carbonyl (C=O) groups excluding carboxylic acids is 2. The molecular formula is C30H39N3O7. The van der Waals surface area contributed by atoms with Crippen molar-refractivity contribution in [1.29, 1.82) is 0 Å². The molecule has 10 heteroatoms. The Morgan fingerprint density at radius 2 is 1.55 bits per heavy atom. The van der Waals surface area contributed by atoms with E-state index in [0.29, 0.717) is 32.5 Å². The first kappa shape index (κ1) is 30.6. The minimum atomic E-state index is -1.27. The highest BCUT2D eigenvalue weighted by atomic mass is 16.5. The van der Waals surface area contributed by atoms with Crippen LogP contribution in [0.1, 0.15) is 62.5 Å². The maximum absolute atomic E-state index is 13.1. The second-order valence-corrected chi connectivity index (χ2v) is 10.5. The monoisotopic (exact) mass is 553 g/mol. The molecule has 0 spiro atoms. The zero-order chi connectivity index (χ0) is 29.3. The van der Waals surface area contributed by atoms with Gasteiger partial charge in [-0.25, -0.2) is 4.79 Å². The summed E-state index contributed by atoms with van der Waals surface area (Å²) in [6, 6.07) is 15.9. The summed E-state index contributed by atoms with van der Waals surface area (Å²) in [7, 11) is 1.63. The van der Waals surface area contributed by atoms with Crippen LogP contribution < -0.4 is 15.5 Å². The van der Waals surface area contributed by atoms with Crippen LogP contribution in [0.25, 0.3) is 0 Å². The van der Waals surface area contributed by atoms with Crippen LogP contribution in [-0.2, 0) is 23.9 Å². The number of hydrogen-bond donors (Lipinski definition) is 4. The van der Waals surface area contributed by atoms with E-state index in [9.17, 15) is 24.3 Å². The van der Waals surface area contributed by atoms with E-state index in [0.717, 1.165) is 16.8 Å². The highest BCUT2D eigenvalue weighted by Crippen LogP contribution is 2.30. The largest absolute Gasteiger partial charge is 0.481 e. The van der Waals surface area contributed by atoms with Crippen molar-refractivity contribution in [2.24, 2.45) is 0 Å². The van der Waals surface area contributed by atoms with Gasteiger partial charge in [-0.1, -0.05) is 42.5 Å². The molecular weight excluding hydrogens is 514 g/mol. The molecule has 1 aliphatic heterocycles. The third-order valence-corrected chi connectivity index (χ3v) is 7.61. The van der Waals surface area contributed by atoms with Crippen molar-refractivity contribution in [3.8, 4) is 0 Å². The third kappa shape index (κ3) is 8.05. The van der Waals surface area contributed by atoms with Crippen LogP contribution in [0.4, 0.5) is 5.69 Å². The second kappa shape index (κ2) is 13.9. The number of carboxylic acids is 2. The SMILES string of the molecule is COCC1(NC(=O)C(C)c2ccccc2)CCN(c2cccc(C(C)C(=O)N[C@@H](CCC(=O)O)C(=O)O)c2)CC1. The number of piperidine rings is 1. The highest BCUT2D eigenvalue weighted by molar-refractivity contribution is 5.88. The van der Waals surface area contributed by atoms with Crippen LogP contribution in [0, 0.1) is 0 Å². The van der Waals surface area contributed by atoms with Gasteiger partial charge < -0.3 is 30.5 Å². The van der Waals surface area contributed by atoms with Gasteiger partial charge in [-0.2, -0.15) is 0 Å². The van der Waals surface area contributed by atoms with E-state index >= 15 is 0 Å². The van der Waals surface area contributed by atoms with E-state index in [4.69, 9.17) is 9.84 Å². The fourth-order valence-corrected chi connectivity index (χ4v) is 5.00. The molecule has 2 amide bonds. The Morgan fingerprint density at radius 3 is 2.15 bits per heavy atom. The van der Waals surface area contributed by atoms with Crippen LogP contribution in [0.15, 0.2) is 54.6 Å². The van der Waals surface area contributed by atoms with E-state index in [1.807, 2.05) is 61.5 Å². The molecule has 216 valence electrons. The number of hydrogen-bond acceptors (Lipinski definition) is 6. The average Bonchev–Trinajstić information content (AvgIpc) is 2.95. The molecule has 1 aliphatic rings. The minimum Gasteiger partial charge on any atom is -0.481 e. The molecule has 0 bridgehead atoms. The summed E-state index contributed by atoms with van der Waals surface area (Å²) in [6.45, 7) is 5.33. The van der Waals surface area contributed by atoms with Gasteiger partial charge in [-0.05, 0) is 56.4 Å². The van der Waals surface area contributed by atoms with Crippen LogP contribution in [0.2, 0.25) is 0 Å².